The Balaban J connectivity index is 2.13. The number of hydrogen-bond donors (Lipinski definition) is 1. The number of fused-ring (bicyclic) bond motifs is 2. The van der Waals surface area contributed by atoms with Crippen molar-refractivity contribution in [2.45, 2.75) is 12.3 Å². The van der Waals surface area contributed by atoms with E-state index in [4.69, 9.17) is 10.5 Å². The molecule has 0 spiro atoms. The lowest BCUT2D eigenvalue weighted by Gasteiger charge is -2.13. The van der Waals surface area contributed by atoms with Crippen molar-refractivity contribution in [1.82, 2.24) is 0 Å². The fraction of sp³-hybridized carbons (Fsp3) is 0.200. The molecule has 1 aliphatic heterocycles. The van der Waals surface area contributed by atoms with Crippen molar-refractivity contribution >= 4 is 0 Å². The normalized spacial score (nSPS) is 17.3. The van der Waals surface area contributed by atoms with Crippen LogP contribution >= 0.6 is 0 Å². The molecule has 1 aliphatic rings. The van der Waals surface area contributed by atoms with Gasteiger partial charge in [0.25, 0.3) is 0 Å². The summed E-state index contributed by atoms with van der Waals surface area (Å²) in [5.74, 6) is 1.31. The average Bonchev–Trinajstić information content (AvgIpc) is 2.54. The molecule has 3 rings (SSSR count). The van der Waals surface area contributed by atoms with E-state index in [2.05, 4.69) is 0 Å². The lowest BCUT2D eigenvalue weighted by atomic mass is 9.92. The molecule has 0 aromatic heterocycles. The van der Waals surface area contributed by atoms with Crippen molar-refractivity contribution in [3.8, 4) is 11.5 Å². The van der Waals surface area contributed by atoms with Gasteiger partial charge in [-0.2, -0.15) is 0 Å². The lowest BCUT2D eigenvalue weighted by molar-refractivity contribution is 0.472. The van der Waals surface area contributed by atoms with E-state index in [0.717, 1.165) is 23.3 Å². The van der Waals surface area contributed by atoms with Crippen LogP contribution in [0.25, 0.3) is 0 Å². The van der Waals surface area contributed by atoms with Crippen molar-refractivity contribution in [3.05, 3.63) is 59.4 Å². The molecular weight excluding hydrogens is 229 g/mol. The van der Waals surface area contributed by atoms with Gasteiger partial charge in [-0.15, -0.1) is 0 Å². The summed E-state index contributed by atoms with van der Waals surface area (Å²) in [5.41, 5.74) is 7.94. The number of para-hydroxylation sites is 1. The summed E-state index contributed by atoms with van der Waals surface area (Å²) < 4.78 is 19.1. The molecular formula is C15H14FNO. The highest BCUT2D eigenvalue weighted by Crippen LogP contribution is 2.38. The first-order valence-electron chi connectivity index (χ1n) is 6.03. The van der Waals surface area contributed by atoms with E-state index in [1.807, 2.05) is 24.3 Å². The number of nitrogens with two attached hydrogens (primary N) is 1. The van der Waals surface area contributed by atoms with Crippen molar-refractivity contribution in [2.24, 2.45) is 5.73 Å². The molecule has 1 atom stereocenters. The highest BCUT2D eigenvalue weighted by Gasteiger charge is 2.22. The highest BCUT2D eigenvalue weighted by molar-refractivity contribution is 5.47. The van der Waals surface area contributed by atoms with E-state index in [-0.39, 0.29) is 11.7 Å². The van der Waals surface area contributed by atoms with E-state index < -0.39 is 0 Å². The Hall–Kier alpha value is -1.87. The van der Waals surface area contributed by atoms with Crippen LogP contribution in [0.4, 0.5) is 4.39 Å². The summed E-state index contributed by atoms with van der Waals surface area (Å²) in [4.78, 5) is 0. The molecule has 18 heavy (non-hydrogen) atoms. The average molecular weight is 243 g/mol. The maximum Gasteiger partial charge on any atom is 0.133 e. The Bertz CT molecular complexity index is 582. The molecule has 1 unspecified atom stereocenters. The number of halogens is 1. The van der Waals surface area contributed by atoms with Crippen LogP contribution in [-0.2, 0) is 6.42 Å². The monoisotopic (exact) mass is 243 g/mol. The predicted molar refractivity (Wildman–Crippen MR) is 68.4 cm³/mol. The van der Waals surface area contributed by atoms with Gasteiger partial charge >= 0.3 is 0 Å². The summed E-state index contributed by atoms with van der Waals surface area (Å²) in [6.45, 7) is 0.553. The third-order valence-corrected chi connectivity index (χ3v) is 3.36. The second-order valence-electron chi connectivity index (χ2n) is 4.53. The standard InChI is InChI=1S/C15H14FNO/c16-12-6-5-10-7-11(9-17)13-3-1-2-4-14(13)18-15(10)8-12/h1-6,8,11H,7,9,17H2. The molecule has 2 N–H and O–H groups in total. The minimum Gasteiger partial charge on any atom is -0.457 e. The maximum absolute atomic E-state index is 13.3. The number of benzene rings is 2. The van der Waals surface area contributed by atoms with E-state index in [1.54, 1.807) is 6.07 Å². The van der Waals surface area contributed by atoms with Gasteiger partial charge in [-0.05, 0) is 36.2 Å². The zero-order chi connectivity index (χ0) is 12.5. The van der Waals surface area contributed by atoms with Crippen molar-refractivity contribution in [1.29, 1.82) is 0 Å². The van der Waals surface area contributed by atoms with Gasteiger partial charge in [-0.3, -0.25) is 0 Å². The van der Waals surface area contributed by atoms with Crippen LogP contribution in [0.15, 0.2) is 42.5 Å². The molecule has 0 radical (unpaired) electrons. The fourth-order valence-electron chi connectivity index (χ4n) is 2.41. The molecule has 2 aromatic carbocycles. The first kappa shape index (κ1) is 11.2. The minimum absolute atomic E-state index is 0.216. The topological polar surface area (TPSA) is 35.2 Å². The molecule has 0 amide bonds. The SMILES string of the molecule is NCC1Cc2ccc(F)cc2Oc2ccccc21. The van der Waals surface area contributed by atoms with Crippen LogP contribution in [0.3, 0.4) is 0 Å². The van der Waals surface area contributed by atoms with Crippen LogP contribution in [0.1, 0.15) is 17.0 Å². The first-order valence-corrected chi connectivity index (χ1v) is 6.03. The zero-order valence-corrected chi connectivity index (χ0v) is 9.90. The second kappa shape index (κ2) is 4.42. The Morgan fingerprint density at radius 1 is 1.17 bits per heavy atom. The van der Waals surface area contributed by atoms with Crippen molar-refractivity contribution < 1.29 is 9.13 Å². The van der Waals surface area contributed by atoms with E-state index >= 15 is 0 Å². The van der Waals surface area contributed by atoms with Gasteiger partial charge in [0.1, 0.15) is 17.3 Å². The Morgan fingerprint density at radius 2 is 2.00 bits per heavy atom. The number of rotatable bonds is 1. The lowest BCUT2D eigenvalue weighted by Crippen LogP contribution is -2.14. The van der Waals surface area contributed by atoms with Gasteiger partial charge in [-0.1, -0.05) is 24.3 Å². The quantitative estimate of drug-likeness (QED) is 0.834. The summed E-state index contributed by atoms with van der Waals surface area (Å²) in [7, 11) is 0. The van der Waals surface area contributed by atoms with E-state index in [0.29, 0.717) is 12.3 Å². The Labute approximate surface area is 105 Å². The third-order valence-electron chi connectivity index (χ3n) is 3.36. The summed E-state index contributed by atoms with van der Waals surface area (Å²) in [6.07, 6.45) is 0.781. The number of ether oxygens (including phenoxy) is 1. The molecule has 0 saturated heterocycles. The smallest absolute Gasteiger partial charge is 0.133 e. The van der Waals surface area contributed by atoms with Crippen LogP contribution < -0.4 is 10.5 Å². The molecule has 1 heterocycles. The Kier molecular flexibility index (Phi) is 2.76. The minimum atomic E-state index is -0.280. The Morgan fingerprint density at radius 3 is 2.83 bits per heavy atom. The van der Waals surface area contributed by atoms with Crippen molar-refractivity contribution in [3.63, 3.8) is 0 Å². The maximum atomic E-state index is 13.3. The molecule has 0 saturated carbocycles. The van der Waals surface area contributed by atoms with Gasteiger partial charge in [0.15, 0.2) is 0 Å². The van der Waals surface area contributed by atoms with Gasteiger partial charge in [0.05, 0.1) is 0 Å². The predicted octanol–water partition coefficient (Wildman–Crippen LogP) is 3.22. The molecule has 0 bridgehead atoms. The first-order chi connectivity index (χ1) is 8.78. The molecule has 2 nitrogen and oxygen atoms in total. The molecule has 2 aromatic rings. The van der Waals surface area contributed by atoms with Crippen LogP contribution in [0, 0.1) is 5.82 Å². The van der Waals surface area contributed by atoms with Crippen molar-refractivity contribution in [2.75, 3.05) is 6.54 Å². The van der Waals surface area contributed by atoms with Crippen LogP contribution in [0.5, 0.6) is 11.5 Å². The van der Waals surface area contributed by atoms with Gasteiger partial charge in [0, 0.05) is 12.0 Å². The zero-order valence-electron chi connectivity index (χ0n) is 9.90. The van der Waals surface area contributed by atoms with Crippen LogP contribution in [-0.4, -0.2) is 6.54 Å². The van der Waals surface area contributed by atoms with E-state index in [1.165, 1.54) is 12.1 Å². The largest absolute Gasteiger partial charge is 0.457 e. The molecule has 92 valence electrons. The van der Waals surface area contributed by atoms with Gasteiger partial charge in [0.2, 0.25) is 0 Å². The van der Waals surface area contributed by atoms with Gasteiger partial charge < -0.3 is 10.5 Å². The number of hydrogen-bond acceptors (Lipinski definition) is 2. The van der Waals surface area contributed by atoms with E-state index in [9.17, 15) is 4.39 Å². The summed E-state index contributed by atoms with van der Waals surface area (Å²) in [5, 5.41) is 0. The molecule has 0 fully saturated rings. The second-order valence-corrected chi connectivity index (χ2v) is 4.53. The van der Waals surface area contributed by atoms with Gasteiger partial charge in [-0.25, -0.2) is 4.39 Å². The third kappa shape index (κ3) is 1.87. The molecule has 0 aliphatic carbocycles. The molecule has 3 heteroatoms. The highest BCUT2D eigenvalue weighted by atomic mass is 19.1. The fourth-order valence-corrected chi connectivity index (χ4v) is 2.41. The van der Waals surface area contributed by atoms with Crippen LogP contribution in [0.2, 0.25) is 0 Å². The summed E-state index contributed by atoms with van der Waals surface area (Å²) >= 11 is 0. The summed E-state index contributed by atoms with van der Waals surface area (Å²) in [6, 6.07) is 12.5.